The van der Waals surface area contributed by atoms with Crippen LogP contribution in [0.2, 0.25) is 0 Å². The van der Waals surface area contributed by atoms with E-state index in [-0.39, 0.29) is 18.1 Å². The second-order valence-electron chi connectivity index (χ2n) is 3.33. The van der Waals surface area contributed by atoms with E-state index in [9.17, 15) is 9.59 Å². The molecule has 0 aliphatic heterocycles. The summed E-state index contributed by atoms with van der Waals surface area (Å²) >= 11 is 0. The summed E-state index contributed by atoms with van der Waals surface area (Å²) in [7, 11) is 1.63. The summed E-state index contributed by atoms with van der Waals surface area (Å²) in [5, 5.41) is 8.96. The highest BCUT2D eigenvalue weighted by Gasteiger charge is 2.11. The van der Waals surface area contributed by atoms with Crippen molar-refractivity contribution in [3.63, 3.8) is 0 Å². The number of rotatable bonds is 5. The molecule has 0 rings (SSSR count). The summed E-state index contributed by atoms with van der Waals surface area (Å²) in [6, 6.07) is 0. The average molecular weight is 187 g/mol. The van der Waals surface area contributed by atoms with Crippen LogP contribution in [0.4, 0.5) is 0 Å². The highest BCUT2D eigenvalue weighted by atomic mass is 16.3. The van der Waals surface area contributed by atoms with Gasteiger partial charge in [0.25, 0.3) is 0 Å². The third-order valence-corrected chi connectivity index (χ3v) is 1.71. The molecule has 0 saturated carbocycles. The lowest BCUT2D eigenvalue weighted by atomic mass is 10.2. The fraction of sp³-hybridized carbons (Fsp3) is 0.778. The van der Waals surface area contributed by atoms with E-state index in [1.165, 1.54) is 11.8 Å². The first kappa shape index (κ1) is 12.1. The van der Waals surface area contributed by atoms with Crippen LogP contribution in [0.1, 0.15) is 26.7 Å². The summed E-state index contributed by atoms with van der Waals surface area (Å²) in [5.41, 5.74) is 0. The molecule has 1 amide bonds. The quantitative estimate of drug-likeness (QED) is 0.625. The minimum atomic E-state index is -0.410. The van der Waals surface area contributed by atoms with E-state index in [1.807, 2.05) is 0 Å². The lowest BCUT2D eigenvalue weighted by molar-refractivity contribution is -0.133. The SMILES string of the molecule is CC(=O)CC(=O)N(C)CCC(C)O. The Bertz CT molecular complexity index is 189. The fourth-order valence-electron chi connectivity index (χ4n) is 0.853. The number of amides is 1. The molecule has 0 aromatic heterocycles. The molecule has 1 atom stereocenters. The van der Waals surface area contributed by atoms with Crippen molar-refractivity contribution in [2.75, 3.05) is 13.6 Å². The van der Waals surface area contributed by atoms with Gasteiger partial charge in [-0.2, -0.15) is 0 Å². The second-order valence-corrected chi connectivity index (χ2v) is 3.33. The van der Waals surface area contributed by atoms with Crippen LogP contribution >= 0.6 is 0 Å². The van der Waals surface area contributed by atoms with Crippen molar-refractivity contribution < 1.29 is 14.7 Å². The minimum Gasteiger partial charge on any atom is -0.393 e. The standard InChI is InChI=1S/C9H17NO3/c1-7(11)4-5-10(3)9(13)6-8(2)12/h7,11H,4-6H2,1-3H3. The molecule has 0 bridgehead atoms. The summed E-state index contributed by atoms with van der Waals surface area (Å²) < 4.78 is 0. The number of aliphatic hydroxyl groups excluding tert-OH is 1. The van der Waals surface area contributed by atoms with Gasteiger partial charge in [0.1, 0.15) is 5.78 Å². The van der Waals surface area contributed by atoms with E-state index in [0.717, 1.165) is 0 Å². The largest absolute Gasteiger partial charge is 0.393 e. The Labute approximate surface area is 78.5 Å². The first-order valence-electron chi connectivity index (χ1n) is 4.35. The van der Waals surface area contributed by atoms with E-state index >= 15 is 0 Å². The Kier molecular flexibility index (Phi) is 5.30. The summed E-state index contributed by atoms with van der Waals surface area (Å²) in [6.45, 7) is 3.55. The van der Waals surface area contributed by atoms with E-state index in [2.05, 4.69) is 0 Å². The van der Waals surface area contributed by atoms with Gasteiger partial charge in [-0.15, -0.1) is 0 Å². The molecule has 0 aliphatic carbocycles. The predicted molar refractivity (Wildman–Crippen MR) is 49.2 cm³/mol. The Hall–Kier alpha value is -0.900. The maximum absolute atomic E-state index is 11.2. The molecular formula is C9H17NO3. The lowest BCUT2D eigenvalue weighted by Gasteiger charge is -2.17. The highest BCUT2D eigenvalue weighted by molar-refractivity contribution is 5.96. The summed E-state index contributed by atoms with van der Waals surface area (Å²) in [5.74, 6) is -0.318. The van der Waals surface area contributed by atoms with Crippen LogP contribution in [-0.4, -0.2) is 41.4 Å². The van der Waals surface area contributed by atoms with Crippen molar-refractivity contribution in [2.45, 2.75) is 32.8 Å². The van der Waals surface area contributed by atoms with Crippen LogP contribution in [0, 0.1) is 0 Å². The molecule has 0 heterocycles. The molecular weight excluding hydrogens is 170 g/mol. The van der Waals surface area contributed by atoms with Crippen LogP contribution in [0.3, 0.4) is 0 Å². The molecule has 4 nitrogen and oxygen atoms in total. The molecule has 0 saturated heterocycles. The van der Waals surface area contributed by atoms with Gasteiger partial charge in [0.05, 0.1) is 12.5 Å². The molecule has 0 radical (unpaired) electrons. The minimum absolute atomic E-state index is 0.0453. The van der Waals surface area contributed by atoms with Gasteiger partial charge in [-0.25, -0.2) is 0 Å². The first-order chi connectivity index (χ1) is 5.93. The Morgan fingerprint density at radius 1 is 1.46 bits per heavy atom. The number of carbonyl (C=O) groups excluding carboxylic acids is 2. The van der Waals surface area contributed by atoms with Crippen molar-refractivity contribution in [3.05, 3.63) is 0 Å². The zero-order valence-corrected chi connectivity index (χ0v) is 8.41. The average Bonchev–Trinajstić information content (AvgIpc) is 1.98. The van der Waals surface area contributed by atoms with Gasteiger partial charge in [0.15, 0.2) is 0 Å². The van der Waals surface area contributed by atoms with Gasteiger partial charge in [-0.05, 0) is 20.3 Å². The maximum atomic E-state index is 11.2. The number of hydrogen-bond donors (Lipinski definition) is 1. The number of nitrogens with zero attached hydrogens (tertiary/aromatic N) is 1. The van der Waals surface area contributed by atoms with Crippen molar-refractivity contribution in [1.82, 2.24) is 4.90 Å². The van der Waals surface area contributed by atoms with Gasteiger partial charge < -0.3 is 10.0 Å². The summed E-state index contributed by atoms with van der Waals surface area (Å²) in [4.78, 5) is 23.3. The number of hydrogen-bond acceptors (Lipinski definition) is 3. The third-order valence-electron chi connectivity index (χ3n) is 1.71. The van der Waals surface area contributed by atoms with Crippen LogP contribution in [0.25, 0.3) is 0 Å². The molecule has 1 unspecified atom stereocenters. The zero-order chi connectivity index (χ0) is 10.4. The summed E-state index contributed by atoms with van der Waals surface area (Å²) in [6.07, 6.45) is 0.0868. The van der Waals surface area contributed by atoms with Gasteiger partial charge in [0.2, 0.25) is 5.91 Å². The predicted octanol–water partition coefficient (Wildman–Crippen LogP) is 0.195. The van der Waals surface area contributed by atoms with Gasteiger partial charge in [-0.3, -0.25) is 9.59 Å². The smallest absolute Gasteiger partial charge is 0.229 e. The maximum Gasteiger partial charge on any atom is 0.229 e. The molecule has 0 spiro atoms. The third kappa shape index (κ3) is 6.28. The van der Waals surface area contributed by atoms with Crippen molar-refractivity contribution >= 4 is 11.7 Å². The van der Waals surface area contributed by atoms with Crippen LogP contribution in [0.15, 0.2) is 0 Å². The molecule has 76 valence electrons. The van der Waals surface area contributed by atoms with Gasteiger partial charge >= 0.3 is 0 Å². The fourth-order valence-corrected chi connectivity index (χ4v) is 0.853. The molecule has 13 heavy (non-hydrogen) atoms. The Balaban J connectivity index is 3.76. The van der Waals surface area contributed by atoms with Gasteiger partial charge in [0, 0.05) is 13.6 Å². The monoisotopic (exact) mass is 187 g/mol. The van der Waals surface area contributed by atoms with E-state index in [0.29, 0.717) is 13.0 Å². The van der Waals surface area contributed by atoms with Crippen molar-refractivity contribution in [2.24, 2.45) is 0 Å². The number of carbonyl (C=O) groups is 2. The highest BCUT2D eigenvalue weighted by Crippen LogP contribution is 1.96. The van der Waals surface area contributed by atoms with Crippen molar-refractivity contribution in [3.8, 4) is 0 Å². The van der Waals surface area contributed by atoms with Gasteiger partial charge in [-0.1, -0.05) is 0 Å². The van der Waals surface area contributed by atoms with Crippen molar-refractivity contribution in [1.29, 1.82) is 0 Å². The molecule has 0 aliphatic rings. The molecule has 4 heteroatoms. The number of aliphatic hydroxyl groups is 1. The van der Waals surface area contributed by atoms with E-state index < -0.39 is 6.10 Å². The molecule has 0 aromatic rings. The topological polar surface area (TPSA) is 57.6 Å². The number of Topliss-reactive ketones (excluding diaryl/α,β-unsaturated/α-hetero) is 1. The van der Waals surface area contributed by atoms with Crippen LogP contribution in [0.5, 0.6) is 0 Å². The molecule has 1 N–H and O–H groups in total. The second kappa shape index (κ2) is 5.70. The number of ketones is 1. The normalized spacial score (nSPS) is 12.3. The zero-order valence-electron chi connectivity index (χ0n) is 8.41. The van der Waals surface area contributed by atoms with Crippen LogP contribution < -0.4 is 0 Å². The Morgan fingerprint density at radius 2 is 2.00 bits per heavy atom. The molecule has 0 fully saturated rings. The Morgan fingerprint density at radius 3 is 2.38 bits per heavy atom. The van der Waals surface area contributed by atoms with E-state index in [1.54, 1.807) is 14.0 Å². The first-order valence-corrected chi connectivity index (χ1v) is 4.35. The molecule has 0 aromatic carbocycles. The van der Waals surface area contributed by atoms with E-state index in [4.69, 9.17) is 5.11 Å². The lowest BCUT2D eigenvalue weighted by Crippen LogP contribution is -2.30. The van der Waals surface area contributed by atoms with Crippen LogP contribution in [-0.2, 0) is 9.59 Å².